The van der Waals surface area contributed by atoms with E-state index in [0.29, 0.717) is 35.5 Å². The van der Waals surface area contributed by atoms with Crippen molar-refractivity contribution in [1.29, 1.82) is 0 Å². The molecule has 6 aliphatic rings. The van der Waals surface area contributed by atoms with E-state index in [1.165, 1.54) is 11.1 Å². The zero-order valence-electron chi connectivity index (χ0n) is 20.5. The van der Waals surface area contributed by atoms with Crippen LogP contribution < -0.4 is 24.8 Å². The second-order valence-corrected chi connectivity index (χ2v) is 16.1. The van der Waals surface area contributed by atoms with Crippen LogP contribution >= 0.6 is 0 Å². The molecular formula is C30H34Cl2HfSi. The Kier molecular flexibility index (Phi) is 8.51. The molecular weight excluding hydrogens is 638 g/mol. The summed E-state index contributed by atoms with van der Waals surface area (Å²) in [5.41, 5.74) is 4.43. The van der Waals surface area contributed by atoms with E-state index in [4.69, 9.17) is 0 Å². The number of halogens is 2. The van der Waals surface area contributed by atoms with Crippen LogP contribution in [0.2, 0.25) is 24.2 Å². The number of hydrogen-bond donors (Lipinski definition) is 0. The summed E-state index contributed by atoms with van der Waals surface area (Å²) in [5.74, 6) is 7.09. The van der Waals surface area contributed by atoms with Crippen LogP contribution in [0, 0.1) is 47.3 Å². The summed E-state index contributed by atoms with van der Waals surface area (Å²) in [6.07, 6.45) is 34.1. The van der Waals surface area contributed by atoms with E-state index >= 15 is 0 Å². The van der Waals surface area contributed by atoms with Gasteiger partial charge in [0.05, 0.1) is 8.07 Å². The molecule has 0 heterocycles. The van der Waals surface area contributed by atoms with E-state index in [-0.39, 0.29) is 50.7 Å². The molecule has 2 fully saturated rings. The molecule has 6 aliphatic carbocycles. The van der Waals surface area contributed by atoms with Crippen LogP contribution in [-0.4, -0.2) is 8.07 Å². The average Bonchev–Trinajstić information content (AvgIpc) is 3.26. The summed E-state index contributed by atoms with van der Waals surface area (Å²) >= 11 is 0. The van der Waals surface area contributed by atoms with Crippen LogP contribution in [0.4, 0.5) is 0 Å². The van der Waals surface area contributed by atoms with Gasteiger partial charge in [-0.3, -0.25) is 0 Å². The molecule has 4 heteroatoms. The summed E-state index contributed by atoms with van der Waals surface area (Å²) in [6.45, 7) is 10.1. The Labute approximate surface area is 238 Å². The molecule has 0 radical (unpaired) electrons. The normalized spacial score (nSPS) is 38.0. The fraction of sp³-hybridized carbons (Fsp3) is 0.400. The molecule has 0 saturated heterocycles. The second kappa shape index (κ2) is 10.4. The van der Waals surface area contributed by atoms with Gasteiger partial charge in [0.25, 0.3) is 0 Å². The van der Waals surface area contributed by atoms with Gasteiger partial charge in [-0.1, -0.05) is 84.4 Å². The number of allylic oxidation sites excluding steroid dienone is 16. The van der Waals surface area contributed by atoms with E-state index < -0.39 is 8.07 Å². The van der Waals surface area contributed by atoms with Crippen LogP contribution in [0.5, 0.6) is 0 Å². The molecule has 0 aliphatic heterocycles. The van der Waals surface area contributed by atoms with Gasteiger partial charge in [0, 0.05) is 0 Å². The van der Waals surface area contributed by atoms with Gasteiger partial charge in [-0.2, -0.15) is 0 Å². The minimum atomic E-state index is -1.70. The van der Waals surface area contributed by atoms with E-state index in [1.807, 2.05) is 0 Å². The first-order chi connectivity index (χ1) is 15.0. The Balaban J connectivity index is 0.00000108. The van der Waals surface area contributed by atoms with Crippen molar-refractivity contribution in [2.24, 2.45) is 35.5 Å². The van der Waals surface area contributed by atoms with Crippen LogP contribution in [0.3, 0.4) is 0 Å². The molecule has 0 spiro atoms. The van der Waals surface area contributed by atoms with Crippen LogP contribution in [0.25, 0.3) is 0 Å². The molecule has 176 valence electrons. The Hall–Kier alpha value is -0.673. The average molecular weight is 672 g/mol. The Morgan fingerprint density at radius 1 is 0.618 bits per heavy atom. The molecule has 2 saturated carbocycles. The van der Waals surface area contributed by atoms with Crippen molar-refractivity contribution in [3.05, 3.63) is 108 Å². The van der Waals surface area contributed by atoms with Gasteiger partial charge in [0.15, 0.2) is 0 Å². The number of rotatable bonds is 2. The topological polar surface area (TPSA) is 0 Å². The van der Waals surface area contributed by atoms with Crippen LogP contribution in [0.1, 0.15) is 13.8 Å². The van der Waals surface area contributed by atoms with Crippen molar-refractivity contribution in [2.45, 2.75) is 38.0 Å². The van der Waals surface area contributed by atoms with Crippen molar-refractivity contribution < 1.29 is 50.7 Å². The van der Waals surface area contributed by atoms with E-state index in [0.717, 1.165) is 11.1 Å². The van der Waals surface area contributed by atoms with Crippen molar-refractivity contribution in [2.75, 3.05) is 0 Å². The smallest absolute Gasteiger partial charge is 1.00 e. The largest absolute Gasteiger partial charge is 4.00 e. The molecule has 0 amide bonds. The summed E-state index contributed by atoms with van der Waals surface area (Å²) in [7, 11) is -1.70. The monoisotopic (exact) mass is 672 g/mol. The van der Waals surface area contributed by atoms with Gasteiger partial charge in [0.1, 0.15) is 0 Å². The third kappa shape index (κ3) is 4.15. The fourth-order valence-corrected chi connectivity index (χ4v) is 13.6. The quantitative estimate of drug-likeness (QED) is 0.310. The molecule has 0 bridgehead atoms. The van der Waals surface area contributed by atoms with Gasteiger partial charge in [-0.15, -0.1) is 24.3 Å². The first-order valence-corrected chi connectivity index (χ1v) is 15.3. The maximum absolute atomic E-state index is 2.74. The molecule has 0 aromatic rings. The van der Waals surface area contributed by atoms with E-state index in [2.05, 4.69) is 112 Å². The summed E-state index contributed by atoms with van der Waals surface area (Å²) in [4.78, 5) is 0. The summed E-state index contributed by atoms with van der Waals surface area (Å²) < 4.78 is 0. The minimum absolute atomic E-state index is 0. The van der Waals surface area contributed by atoms with Gasteiger partial charge in [-0.25, -0.2) is 36.1 Å². The van der Waals surface area contributed by atoms with Gasteiger partial charge in [0.2, 0.25) is 0 Å². The molecule has 0 N–H and O–H groups in total. The molecule has 0 nitrogen and oxygen atoms in total. The second-order valence-electron chi connectivity index (χ2n) is 11.2. The third-order valence-electron chi connectivity index (χ3n) is 9.17. The standard InChI is InChI=1S/C30H34Si.2ClH.Hf/c1-19-13-15-23-21-9-5-7-11-25(21)29(27(23)17-19)31(3,4)30-26-12-8-6-10-22(26)24-16-14-20(2)18-28(24)30;;;/h5-18,23-30H,1-4H3;2*1H;/q-2;;;+4/p-2. The maximum Gasteiger partial charge on any atom is 4.00 e. The Morgan fingerprint density at radius 3 is 1.44 bits per heavy atom. The zero-order chi connectivity index (χ0) is 21.3. The SMILES string of the molecule is CC1=CC2C(C=C1)[C-]1C=CC=CC1C2[Si](C)(C)C1C2C=CC=C[C-]2C2C=CC(C)=CC21.[Cl-].[Cl-].[Hf+4]. The third-order valence-corrected chi connectivity index (χ3v) is 14.1. The van der Waals surface area contributed by atoms with Gasteiger partial charge >= 0.3 is 25.8 Å². The van der Waals surface area contributed by atoms with Crippen molar-refractivity contribution in [1.82, 2.24) is 0 Å². The van der Waals surface area contributed by atoms with Crippen molar-refractivity contribution >= 4 is 8.07 Å². The minimum Gasteiger partial charge on any atom is -1.00 e. The van der Waals surface area contributed by atoms with Crippen molar-refractivity contribution in [3.63, 3.8) is 0 Å². The summed E-state index contributed by atoms with van der Waals surface area (Å²) in [5, 5.41) is 0. The molecule has 34 heavy (non-hydrogen) atoms. The Bertz CT molecular complexity index is 946. The fourth-order valence-electron chi connectivity index (χ4n) is 8.10. The predicted octanol–water partition coefficient (Wildman–Crippen LogP) is 1.60. The number of fused-ring (bicyclic) bond motifs is 6. The molecule has 6 rings (SSSR count). The number of hydrogen-bond acceptors (Lipinski definition) is 0. The first kappa shape index (κ1) is 27.9. The van der Waals surface area contributed by atoms with Gasteiger partial charge < -0.3 is 24.8 Å². The van der Waals surface area contributed by atoms with Gasteiger partial charge in [-0.05, 0) is 36.8 Å². The molecule has 0 aromatic carbocycles. The van der Waals surface area contributed by atoms with Crippen LogP contribution in [-0.2, 0) is 25.8 Å². The maximum atomic E-state index is 2.74. The predicted molar refractivity (Wildman–Crippen MR) is 135 cm³/mol. The zero-order valence-corrected chi connectivity index (χ0v) is 26.6. The van der Waals surface area contributed by atoms with Crippen molar-refractivity contribution in [3.8, 4) is 0 Å². The molecule has 8 atom stereocenters. The Morgan fingerprint density at radius 2 is 1.03 bits per heavy atom. The van der Waals surface area contributed by atoms with Crippen LogP contribution in [0.15, 0.2) is 96.2 Å². The summed E-state index contributed by atoms with van der Waals surface area (Å²) in [6, 6.07) is 0. The molecule has 8 unspecified atom stereocenters. The first-order valence-electron chi connectivity index (χ1n) is 12.1. The van der Waals surface area contributed by atoms with E-state index in [9.17, 15) is 0 Å². The molecule has 0 aromatic heterocycles. The van der Waals surface area contributed by atoms with E-state index in [1.54, 1.807) is 11.8 Å².